The Kier molecular flexibility index (Phi) is 3.43. The van der Waals surface area contributed by atoms with Crippen LogP contribution in [0.2, 0.25) is 0 Å². The number of methoxy groups -OCH3 is 1. The summed E-state index contributed by atoms with van der Waals surface area (Å²) in [5.41, 5.74) is 0. The Hall–Kier alpha value is -1.82. The zero-order valence-corrected chi connectivity index (χ0v) is 9.42. The van der Waals surface area contributed by atoms with Gasteiger partial charge in [-0.05, 0) is 6.07 Å². The number of ether oxygens (including phenoxy) is 2. The van der Waals surface area contributed by atoms with E-state index in [1.165, 1.54) is 0 Å². The van der Waals surface area contributed by atoms with Gasteiger partial charge in [-0.15, -0.1) is 0 Å². The highest BCUT2D eigenvalue weighted by molar-refractivity contribution is 5.73. The number of carbonyl (C=O) groups is 1. The van der Waals surface area contributed by atoms with Crippen LogP contribution in [0.1, 0.15) is 6.42 Å². The summed E-state index contributed by atoms with van der Waals surface area (Å²) in [6.45, 7) is 0.519. The van der Waals surface area contributed by atoms with Crippen LogP contribution in [0.4, 0.5) is 0 Å². The summed E-state index contributed by atoms with van der Waals surface area (Å²) in [4.78, 5) is 14.8. The maximum Gasteiger partial charge on any atom is 0.320 e. The summed E-state index contributed by atoms with van der Waals surface area (Å²) in [5.74, 6) is 0.285. The average Bonchev–Trinajstić information content (AvgIpc) is 2.79. The zero-order valence-electron chi connectivity index (χ0n) is 9.42. The van der Waals surface area contributed by atoms with Gasteiger partial charge in [-0.3, -0.25) is 4.79 Å². The van der Waals surface area contributed by atoms with E-state index >= 15 is 0 Å². The number of carboxylic acid groups (broad SMARTS) is 1. The van der Waals surface area contributed by atoms with Crippen LogP contribution in [0.3, 0.4) is 0 Å². The number of rotatable bonds is 4. The maximum atomic E-state index is 10.7. The molecule has 1 aromatic rings. The first-order valence-corrected chi connectivity index (χ1v) is 5.32. The summed E-state index contributed by atoms with van der Waals surface area (Å²) in [7, 11) is 1.57. The predicted molar refractivity (Wildman–Crippen MR) is 59.2 cm³/mol. The van der Waals surface area contributed by atoms with E-state index in [9.17, 15) is 4.79 Å². The summed E-state index contributed by atoms with van der Waals surface area (Å²) in [5, 5.41) is 11.7. The highest BCUT2D eigenvalue weighted by Crippen LogP contribution is 2.17. The minimum atomic E-state index is -0.848. The van der Waals surface area contributed by atoms with Crippen LogP contribution in [-0.2, 0) is 4.79 Å². The van der Waals surface area contributed by atoms with Gasteiger partial charge >= 0.3 is 5.97 Å². The fraction of sp³-hybridized carbons (Fsp3) is 0.455. The summed E-state index contributed by atoms with van der Waals surface area (Å²) >= 11 is 0. The lowest BCUT2D eigenvalue weighted by atomic mass is 10.2. The largest absolute Gasteiger partial charge is 0.495 e. The molecule has 6 nitrogen and oxygen atoms in total. The fourth-order valence-electron chi connectivity index (χ4n) is 1.71. The van der Waals surface area contributed by atoms with Gasteiger partial charge in [-0.2, -0.15) is 0 Å². The summed E-state index contributed by atoms with van der Waals surface area (Å²) < 4.78 is 10.5. The molecule has 2 rings (SSSR count). The van der Waals surface area contributed by atoms with Crippen LogP contribution in [0.5, 0.6) is 11.6 Å². The van der Waals surface area contributed by atoms with E-state index < -0.39 is 12.0 Å². The van der Waals surface area contributed by atoms with Crippen molar-refractivity contribution in [2.45, 2.75) is 18.6 Å². The molecule has 0 saturated carbocycles. The third-order valence-corrected chi connectivity index (χ3v) is 2.62. The molecule has 1 fully saturated rings. The molecule has 1 aromatic heterocycles. The van der Waals surface area contributed by atoms with E-state index in [1.807, 2.05) is 0 Å². The van der Waals surface area contributed by atoms with Crippen LogP contribution in [-0.4, -0.2) is 41.9 Å². The van der Waals surface area contributed by atoms with Crippen molar-refractivity contribution in [3.8, 4) is 11.6 Å². The lowest BCUT2D eigenvalue weighted by Crippen LogP contribution is -2.30. The normalized spacial score (nSPS) is 23.4. The van der Waals surface area contributed by atoms with Crippen molar-refractivity contribution in [1.82, 2.24) is 10.3 Å². The Morgan fingerprint density at radius 1 is 1.59 bits per heavy atom. The number of pyridine rings is 1. The highest BCUT2D eigenvalue weighted by Gasteiger charge is 2.30. The van der Waals surface area contributed by atoms with Gasteiger partial charge in [0.2, 0.25) is 5.88 Å². The van der Waals surface area contributed by atoms with Gasteiger partial charge in [0.05, 0.1) is 13.3 Å². The first-order valence-electron chi connectivity index (χ1n) is 5.32. The monoisotopic (exact) mass is 238 g/mol. The van der Waals surface area contributed by atoms with Gasteiger partial charge in [-0.1, -0.05) is 0 Å². The molecule has 2 heterocycles. The molecule has 0 aromatic carbocycles. The Labute approximate surface area is 98.6 Å². The van der Waals surface area contributed by atoms with E-state index in [0.717, 1.165) is 0 Å². The Morgan fingerprint density at radius 2 is 2.41 bits per heavy atom. The van der Waals surface area contributed by atoms with Crippen molar-refractivity contribution >= 4 is 5.97 Å². The molecule has 92 valence electrons. The number of aromatic nitrogens is 1. The Balaban J connectivity index is 1.91. The van der Waals surface area contributed by atoms with Crippen LogP contribution in [0, 0.1) is 0 Å². The van der Waals surface area contributed by atoms with Crippen molar-refractivity contribution in [3.63, 3.8) is 0 Å². The summed E-state index contributed by atoms with van der Waals surface area (Å²) in [6.07, 6.45) is 1.85. The molecular formula is C11H14N2O4. The maximum absolute atomic E-state index is 10.7. The van der Waals surface area contributed by atoms with Crippen molar-refractivity contribution in [2.24, 2.45) is 0 Å². The first kappa shape index (κ1) is 11.7. The average molecular weight is 238 g/mol. The standard InChI is InChI=1S/C11H14N2O4/c1-16-7-2-3-10(13-5-7)17-8-4-9(11(14)15)12-6-8/h2-3,5,8-9,12H,4,6H2,1H3,(H,14,15). The Morgan fingerprint density at radius 3 is 2.94 bits per heavy atom. The van der Waals surface area contributed by atoms with E-state index in [0.29, 0.717) is 24.6 Å². The molecule has 6 heteroatoms. The SMILES string of the molecule is COc1ccc(OC2CNC(C(=O)O)C2)nc1. The fourth-order valence-corrected chi connectivity index (χ4v) is 1.71. The highest BCUT2D eigenvalue weighted by atomic mass is 16.5. The second-order valence-corrected chi connectivity index (χ2v) is 3.81. The van der Waals surface area contributed by atoms with Gasteiger partial charge in [0.25, 0.3) is 0 Å². The van der Waals surface area contributed by atoms with Crippen molar-refractivity contribution in [2.75, 3.05) is 13.7 Å². The molecule has 2 N–H and O–H groups in total. The third kappa shape index (κ3) is 2.85. The molecule has 1 aliphatic rings. The molecular weight excluding hydrogens is 224 g/mol. The lowest BCUT2D eigenvalue weighted by Gasteiger charge is -2.11. The van der Waals surface area contributed by atoms with Crippen molar-refractivity contribution < 1.29 is 19.4 Å². The molecule has 0 amide bonds. The van der Waals surface area contributed by atoms with Gasteiger partial charge in [0.1, 0.15) is 17.9 Å². The van der Waals surface area contributed by atoms with E-state index in [2.05, 4.69) is 10.3 Å². The van der Waals surface area contributed by atoms with Gasteiger partial charge in [0.15, 0.2) is 0 Å². The van der Waals surface area contributed by atoms with Crippen LogP contribution < -0.4 is 14.8 Å². The number of carboxylic acids is 1. The summed E-state index contributed by atoms with van der Waals surface area (Å²) in [6, 6.07) is 2.92. The third-order valence-electron chi connectivity index (χ3n) is 2.62. The minimum absolute atomic E-state index is 0.156. The number of hydrogen-bond acceptors (Lipinski definition) is 5. The van der Waals surface area contributed by atoms with Gasteiger partial charge in [-0.25, -0.2) is 4.98 Å². The molecule has 0 radical (unpaired) electrons. The van der Waals surface area contributed by atoms with E-state index in [-0.39, 0.29) is 6.10 Å². The number of nitrogens with zero attached hydrogens (tertiary/aromatic N) is 1. The van der Waals surface area contributed by atoms with Crippen molar-refractivity contribution in [3.05, 3.63) is 18.3 Å². The smallest absolute Gasteiger partial charge is 0.320 e. The molecule has 0 bridgehead atoms. The van der Waals surface area contributed by atoms with E-state index in [4.69, 9.17) is 14.6 Å². The zero-order chi connectivity index (χ0) is 12.3. The van der Waals surface area contributed by atoms with Gasteiger partial charge < -0.3 is 19.9 Å². The molecule has 1 saturated heterocycles. The van der Waals surface area contributed by atoms with Gasteiger partial charge in [0, 0.05) is 19.0 Å². The molecule has 2 atom stereocenters. The topological polar surface area (TPSA) is 80.7 Å². The quantitative estimate of drug-likeness (QED) is 0.784. The molecule has 2 unspecified atom stereocenters. The molecule has 0 aliphatic carbocycles. The lowest BCUT2D eigenvalue weighted by molar-refractivity contribution is -0.139. The van der Waals surface area contributed by atoms with Crippen LogP contribution in [0.25, 0.3) is 0 Å². The van der Waals surface area contributed by atoms with Crippen LogP contribution in [0.15, 0.2) is 18.3 Å². The molecule has 17 heavy (non-hydrogen) atoms. The number of nitrogens with one attached hydrogen (secondary N) is 1. The minimum Gasteiger partial charge on any atom is -0.495 e. The van der Waals surface area contributed by atoms with Crippen molar-refractivity contribution in [1.29, 1.82) is 0 Å². The number of hydrogen-bond donors (Lipinski definition) is 2. The first-order chi connectivity index (χ1) is 8.19. The second-order valence-electron chi connectivity index (χ2n) is 3.81. The second kappa shape index (κ2) is 5.01. The molecule has 1 aliphatic heterocycles. The van der Waals surface area contributed by atoms with E-state index in [1.54, 1.807) is 25.4 Å². The number of aliphatic carboxylic acids is 1. The molecule has 0 spiro atoms. The van der Waals surface area contributed by atoms with Crippen LogP contribution >= 0.6 is 0 Å². The predicted octanol–water partition coefficient (Wildman–Crippen LogP) is 0.284. The Bertz CT molecular complexity index is 393.